The van der Waals surface area contributed by atoms with Crippen LogP contribution in [0.2, 0.25) is 0 Å². The Morgan fingerprint density at radius 3 is 1.79 bits per heavy atom. The Kier molecular flexibility index (Phi) is 4.91. The molecule has 19 heavy (non-hydrogen) atoms. The van der Waals surface area contributed by atoms with Gasteiger partial charge in [-0.1, -0.05) is 74.0 Å². The molecule has 0 aliphatic heterocycles. The van der Waals surface area contributed by atoms with Crippen molar-refractivity contribution >= 4 is 5.71 Å². The molecule has 0 aliphatic carbocycles. The maximum Gasteiger partial charge on any atom is 0.0722 e. The molecule has 2 aromatic carbocycles. The smallest absolute Gasteiger partial charge is 0.0722 e. The summed E-state index contributed by atoms with van der Waals surface area (Å²) < 4.78 is 0. The van der Waals surface area contributed by atoms with E-state index in [2.05, 4.69) is 62.4 Å². The monoisotopic (exact) mass is 251 g/mol. The molecule has 1 atom stereocenters. The number of benzene rings is 2. The van der Waals surface area contributed by atoms with Crippen molar-refractivity contribution in [1.29, 1.82) is 0 Å². The van der Waals surface area contributed by atoms with Crippen LogP contribution < -0.4 is 0 Å². The van der Waals surface area contributed by atoms with Crippen LogP contribution in [0.1, 0.15) is 37.8 Å². The maximum atomic E-state index is 4.92. The van der Waals surface area contributed by atoms with Gasteiger partial charge in [0.25, 0.3) is 0 Å². The molecule has 0 fully saturated rings. The molecular formula is C18H21N. The van der Waals surface area contributed by atoms with Crippen LogP contribution in [0, 0.1) is 0 Å². The van der Waals surface area contributed by atoms with E-state index in [1.165, 1.54) is 17.5 Å². The standard InChI is InChI=1S/C18H21N/c1-3-10-15(2)19-18(16-11-6-4-7-12-16)17-13-8-5-9-14-17/h4-9,11-15H,3,10H2,1-2H3/t15-/m1/s1. The average molecular weight is 251 g/mol. The molecule has 0 radical (unpaired) electrons. The average Bonchev–Trinajstić information content (AvgIpc) is 2.47. The first kappa shape index (κ1) is 13.5. The van der Waals surface area contributed by atoms with Gasteiger partial charge < -0.3 is 0 Å². The third-order valence-corrected chi connectivity index (χ3v) is 3.15. The first-order valence-electron chi connectivity index (χ1n) is 7.00. The van der Waals surface area contributed by atoms with Gasteiger partial charge in [0.15, 0.2) is 0 Å². The fourth-order valence-electron chi connectivity index (χ4n) is 2.21. The summed E-state index contributed by atoms with van der Waals surface area (Å²) in [6, 6.07) is 21.2. The van der Waals surface area contributed by atoms with Crippen molar-refractivity contribution in [3.05, 3.63) is 71.8 Å². The maximum absolute atomic E-state index is 4.92. The molecule has 1 heteroatoms. The predicted molar refractivity (Wildman–Crippen MR) is 82.9 cm³/mol. The molecule has 0 aromatic heterocycles. The Hall–Kier alpha value is -1.89. The van der Waals surface area contributed by atoms with Gasteiger partial charge in [0.2, 0.25) is 0 Å². The normalized spacial score (nSPS) is 11.9. The van der Waals surface area contributed by atoms with Crippen LogP contribution in [0.5, 0.6) is 0 Å². The Morgan fingerprint density at radius 1 is 0.895 bits per heavy atom. The minimum Gasteiger partial charge on any atom is -0.281 e. The molecule has 2 aromatic rings. The van der Waals surface area contributed by atoms with E-state index in [0.717, 1.165) is 12.1 Å². The van der Waals surface area contributed by atoms with Gasteiger partial charge >= 0.3 is 0 Å². The van der Waals surface area contributed by atoms with Crippen molar-refractivity contribution in [3.63, 3.8) is 0 Å². The van der Waals surface area contributed by atoms with Crippen LogP contribution in [-0.2, 0) is 0 Å². The summed E-state index contributed by atoms with van der Waals surface area (Å²) in [5.41, 5.74) is 3.48. The third-order valence-electron chi connectivity index (χ3n) is 3.15. The summed E-state index contributed by atoms with van der Waals surface area (Å²) in [5.74, 6) is 0. The van der Waals surface area contributed by atoms with E-state index in [-0.39, 0.29) is 0 Å². The van der Waals surface area contributed by atoms with Gasteiger partial charge in [0, 0.05) is 17.2 Å². The highest BCUT2D eigenvalue weighted by atomic mass is 14.8. The van der Waals surface area contributed by atoms with E-state index in [9.17, 15) is 0 Å². The first-order valence-corrected chi connectivity index (χ1v) is 7.00. The molecule has 0 saturated heterocycles. The molecule has 0 amide bonds. The molecule has 2 rings (SSSR count). The Bertz CT molecular complexity index is 472. The number of rotatable bonds is 5. The van der Waals surface area contributed by atoms with E-state index in [4.69, 9.17) is 4.99 Å². The van der Waals surface area contributed by atoms with Crippen molar-refractivity contribution in [3.8, 4) is 0 Å². The van der Waals surface area contributed by atoms with Crippen LogP contribution in [-0.4, -0.2) is 11.8 Å². The van der Waals surface area contributed by atoms with Crippen molar-refractivity contribution in [2.24, 2.45) is 4.99 Å². The largest absolute Gasteiger partial charge is 0.281 e. The van der Waals surface area contributed by atoms with Gasteiger partial charge in [-0.2, -0.15) is 0 Å². The zero-order valence-electron chi connectivity index (χ0n) is 11.7. The van der Waals surface area contributed by atoms with Gasteiger partial charge in [0.1, 0.15) is 0 Å². The number of hydrogen-bond acceptors (Lipinski definition) is 1. The number of aliphatic imine (C=N–C) groups is 1. The van der Waals surface area contributed by atoms with E-state index in [1.807, 2.05) is 12.1 Å². The highest BCUT2D eigenvalue weighted by molar-refractivity contribution is 6.12. The summed E-state index contributed by atoms with van der Waals surface area (Å²) in [6.45, 7) is 4.39. The zero-order chi connectivity index (χ0) is 13.5. The Balaban J connectivity index is 2.40. The number of nitrogens with zero attached hydrogens (tertiary/aromatic N) is 1. The van der Waals surface area contributed by atoms with Gasteiger partial charge in [-0.25, -0.2) is 0 Å². The minimum atomic E-state index is 0.361. The molecule has 0 spiro atoms. The lowest BCUT2D eigenvalue weighted by atomic mass is 10.0. The van der Waals surface area contributed by atoms with Crippen molar-refractivity contribution < 1.29 is 0 Å². The van der Waals surface area contributed by atoms with Gasteiger partial charge in [0.05, 0.1) is 5.71 Å². The molecule has 0 heterocycles. The summed E-state index contributed by atoms with van der Waals surface area (Å²) in [7, 11) is 0. The molecule has 0 N–H and O–H groups in total. The lowest BCUT2D eigenvalue weighted by Gasteiger charge is -2.11. The molecule has 0 saturated carbocycles. The van der Waals surface area contributed by atoms with Crippen LogP contribution in [0.25, 0.3) is 0 Å². The van der Waals surface area contributed by atoms with E-state index in [0.29, 0.717) is 6.04 Å². The summed E-state index contributed by atoms with van der Waals surface area (Å²) in [6.07, 6.45) is 2.30. The van der Waals surface area contributed by atoms with Crippen LogP contribution in [0.4, 0.5) is 0 Å². The van der Waals surface area contributed by atoms with Crippen molar-refractivity contribution in [2.75, 3.05) is 0 Å². The summed E-state index contributed by atoms with van der Waals surface area (Å²) in [4.78, 5) is 4.92. The van der Waals surface area contributed by atoms with Crippen molar-refractivity contribution in [2.45, 2.75) is 32.7 Å². The molecule has 98 valence electrons. The lowest BCUT2D eigenvalue weighted by Crippen LogP contribution is -2.08. The van der Waals surface area contributed by atoms with Crippen molar-refractivity contribution in [1.82, 2.24) is 0 Å². The molecule has 0 aliphatic rings. The second kappa shape index (κ2) is 6.89. The minimum absolute atomic E-state index is 0.361. The highest BCUT2D eigenvalue weighted by Crippen LogP contribution is 2.13. The summed E-state index contributed by atoms with van der Waals surface area (Å²) in [5, 5.41) is 0. The van der Waals surface area contributed by atoms with E-state index < -0.39 is 0 Å². The van der Waals surface area contributed by atoms with Crippen LogP contribution in [0.15, 0.2) is 65.7 Å². The molecule has 1 nitrogen and oxygen atoms in total. The van der Waals surface area contributed by atoms with E-state index >= 15 is 0 Å². The Morgan fingerprint density at radius 2 is 1.37 bits per heavy atom. The second-order valence-electron chi connectivity index (χ2n) is 4.85. The van der Waals surface area contributed by atoms with Crippen LogP contribution in [0.3, 0.4) is 0 Å². The third kappa shape index (κ3) is 3.78. The van der Waals surface area contributed by atoms with Gasteiger partial charge in [-0.05, 0) is 13.3 Å². The summed E-state index contributed by atoms with van der Waals surface area (Å²) >= 11 is 0. The second-order valence-corrected chi connectivity index (χ2v) is 4.85. The van der Waals surface area contributed by atoms with Crippen LogP contribution >= 0.6 is 0 Å². The molecular weight excluding hydrogens is 230 g/mol. The quantitative estimate of drug-likeness (QED) is 0.682. The SMILES string of the molecule is CCC[C@@H](C)N=C(c1ccccc1)c1ccccc1. The first-order chi connectivity index (χ1) is 9.31. The Labute approximate surface area is 116 Å². The lowest BCUT2D eigenvalue weighted by molar-refractivity contribution is 0.655. The number of hydrogen-bond donors (Lipinski definition) is 0. The van der Waals surface area contributed by atoms with E-state index in [1.54, 1.807) is 0 Å². The fraction of sp³-hybridized carbons (Fsp3) is 0.278. The topological polar surface area (TPSA) is 12.4 Å². The molecule has 0 unspecified atom stereocenters. The van der Waals surface area contributed by atoms with Gasteiger partial charge in [-0.3, -0.25) is 4.99 Å². The predicted octanol–water partition coefficient (Wildman–Crippen LogP) is 4.71. The molecule has 0 bridgehead atoms. The van der Waals surface area contributed by atoms with Gasteiger partial charge in [-0.15, -0.1) is 0 Å². The highest BCUT2D eigenvalue weighted by Gasteiger charge is 2.08. The fourth-order valence-corrected chi connectivity index (χ4v) is 2.21. The zero-order valence-corrected chi connectivity index (χ0v) is 11.7.